The third-order valence-corrected chi connectivity index (χ3v) is 6.55. The quantitative estimate of drug-likeness (QED) is 0.801. The maximum absolute atomic E-state index is 12.1. The highest BCUT2D eigenvalue weighted by atomic mass is 16.4. The minimum absolute atomic E-state index is 0.0444. The standard InChI is InChI=1S/C22H34N2O3/c1-21(2,24-12-7-4-8-13-24)17-23-14-11-22(20(26)27,19(25)16-23)15-18-9-5-3-6-10-18/h3,5-6,9-10,19,25H,4,7-8,11-17H2,1-2H3,(H,26,27)/t19-,22-/m1/s1. The van der Waals surface area contributed by atoms with Crippen LogP contribution in [0.1, 0.15) is 45.1 Å². The van der Waals surface area contributed by atoms with Gasteiger partial charge in [-0.1, -0.05) is 36.8 Å². The van der Waals surface area contributed by atoms with E-state index in [9.17, 15) is 15.0 Å². The Bertz CT molecular complexity index is 628. The second-order valence-electron chi connectivity index (χ2n) is 8.98. The van der Waals surface area contributed by atoms with Gasteiger partial charge in [0, 0.05) is 18.6 Å². The molecule has 2 aliphatic heterocycles. The highest BCUT2D eigenvalue weighted by Gasteiger charge is 2.49. The second kappa shape index (κ2) is 8.29. The Morgan fingerprint density at radius 3 is 2.41 bits per heavy atom. The van der Waals surface area contributed by atoms with Gasteiger partial charge in [-0.3, -0.25) is 14.6 Å². The molecule has 2 fully saturated rings. The molecule has 0 saturated carbocycles. The molecule has 3 rings (SSSR count). The molecule has 2 N–H and O–H groups in total. The summed E-state index contributed by atoms with van der Waals surface area (Å²) >= 11 is 0. The predicted molar refractivity (Wildman–Crippen MR) is 107 cm³/mol. The van der Waals surface area contributed by atoms with E-state index in [1.165, 1.54) is 19.3 Å². The first-order valence-electron chi connectivity index (χ1n) is 10.3. The van der Waals surface area contributed by atoms with Gasteiger partial charge in [0.1, 0.15) is 5.41 Å². The van der Waals surface area contributed by atoms with Crippen LogP contribution in [0.25, 0.3) is 0 Å². The van der Waals surface area contributed by atoms with Crippen molar-refractivity contribution < 1.29 is 15.0 Å². The number of likely N-dealkylation sites (tertiary alicyclic amines) is 2. The van der Waals surface area contributed by atoms with Crippen LogP contribution in [0, 0.1) is 5.41 Å². The van der Waals surface area contributed by atoms with Gasteiger partial charge in [0.15, 0.2) is 0 Å². The lowest BCUT2D eigenvalue weighted by Crippen LogP contribution is -2.60. The molecule has 0 amide bonds. The average molecular weight is 375 g/mol. The van der Waals surface area contributed by atoms with Gasteiger partial charge in [-0.2, -0.15) is 0 Å². The molecular formula is C22H34N2O3. The number of rotatable bonds is 6. The van der Waals surface area contributed by atoms with Crippen LogP contribution in [-0.2, 0) is 11.2 Å². The Kier molecular flexibility index (Phi) is 6.24. The lowest BCUT2D eigenvalue weighted by Gasteiger charge is -2.48. The molecule has 5 heteroatoms. The molecular weight excluding hydrogens is 340 g/mol. The van der Waals surface area contributed by atoms with E-state index in [1.54, 1.807) is 0 Å². The van der Waals surface area contributed by atoms with Crippen LogP contribution >= 0.6 is 0 Å². The van der Waals surface area contributed by atoms with Gasteiger partial charge in [-0.25, -0.2) is 0 Å². The zero-order chi connectivity index (χ0) is 19.5. The fourth-order valence-corrected chi connectivity index (χ4v) is 4.82. The van der Waals surface area contributed by atoms with Crippen LogP contribution < -0.4 is 0 Å². The molecule has 2 atom stereocenters. The maximum atomic E-state index is 12.1. The number of carboxylic acids is 1. The Morgan fingerprint density at radius 1 is 1.15 bits per heavy atom. The molecule has 0 bridgehead atoms. The van der Waals surface area contributed by atoms with Gasteiger partial charge < -0.3 is 10.2 Å². The summed E-state index contributed by atoms with van der Waals surface area (Å²) in [5.74, 6) is -0.881. The molecule has 27 heavy (non-hydrogen) atoms. The van der Waals surface area contributed by atoms with Crippen LogP contribution in [0.5, 0.6) is 0 Å². The van der Waals surface area contributed by atoms with Crippen LogP contribution in [-0.4, -0.2) is 70.3 Å². The van der Waals surface area contributed by atoms with Crippen LogP contribution in [0.4, 0.5) is 0 Å². The summed E-state index contributed by atoms with van der Waals surface area (Å²) in [5, 5.41) is 20.8. The zero-order valence-electron chi connectivity index (χ0n) is 16.7. The average Bonchev–Trinajstić information content (AvgIpc) is 2.65. The largest absolute Gasteiger partial charge is 0.481 e. The van der Waals surface area contributed by atoms with E-state index >= 15 is 0 Å². The Hall–Kier alpha value is -1.43. The SMILES string of the molecule is CC(C)(CN1CC[C@](Cc2ccccc2)(C(=O)O)[C@H](O)C1)N1CCCCC1. The van der Waals surface area contributed by atoms with Gasteiger partial charge in [0.2, 0.25) is 0 Å². The molecule has 2 aliphatic rings. The first-order chi connectivity index (χ1) is 12.8. The zero-order valence-corrected chi connectivity index (χ0v) is 16.7. The lowest BCUT2D eigenvalue weighted by atomic mass is 9.71. The van der Waals surface area contributed by atoms with Gasteiger partial charge >= 0.3 is 5.97 Å². The number of carbonyl (C=O) groups is 1. The normalized spacial score (nSPS) is 28.2. The number of hydrogen-bond acceptors (Lipinski definition) is 4. The summed E-state index contributed by atoms with van der Waals surface area (Å²) in [7, 11) is 0. The third-order valence-electron chi connectivity index (χ3n) is 6.55. The van der Waals surface area contributed by atoms with E-state index < -0.39 is 17.5 Å². The van der Waals surface area contributed by atoms with Gasteiger partial charge in [0.05, 0.1) is 6.10 Å². The number of benzene rings is 1. The number of nitrogens with zero attached hydrogens (tertiary/aromatic N) is 2. The molecule has 2 saturated heterocycles. The van der Waals surface area contributed by atoms with Crippen molar-refractivity contribution in [1.82, 2.24) is 9.80 Å². The Morgan fingerprint density at radius 2 is 1.81 bits per heavy atom. The molecule has 150 valence electrons. The van der Waals surface area contributed by atoms with Crippen molar-refractivity contribution >= 4 is 5.97 Å². The van der Waals surface area contributed by atoms with Crippen molar-refractivity contribution in [3.8, 4) is 0 Å². The fourth-order valence-electron chi connectivity index (χ4n) is 4.82. The van der Waals surface area contributed by atoms with Crippen molar-refractivity contribution in [2.75, 3.05) is 32.7 Å². The highest BCUT2D eigenvalue weighted by Crippen LogP contribution is 2.37. The molecule has 0 radical (unpaired) electrons. The molecule has 5 nitrogen and oxygen atoms in total. The van der Waals surface area contributed by atoms with Crippen LogP contribution in [0.2, 0.25) is 0 Å². The summed E-state index contributed by atoms with van der Waals surface area (Å²) in [4.78, 5) is 16.9. The molecule has 1 aromatic carbocycles. The number of β-amino-alcohol motifs (C(OH)–C–C–N with tert-alkyl or cyclic N) is 1. The van der Waals surface area contributed by atoms with Crippen molar-refractivity contribution in [2.45, 2.75) is 57.6 Å². The molecule has 2 heterocycles. The Balaban J connectivity index is 1.67. The van der Waals surface area contributed by atoms with E-state index in [2.05, 4.69) is 23.6 Å². The van der Waals surface area contributed by atoms with E-state index in [0.29, 0.717) is 25.9 Å². The van der Waals surface area contributed by atoms with E-state index in [4.69, 9.17) is 0 Å². The highest BCUT2D eigenvalue weighted by molar-refractivity contribution is 5.76. The Labute approximate surface area is 163 Å². The van der Waals surface area contributed by atoms with Crippen molar-refractivity contribution in [2.24, 2.45) is 5.41 Å². The van der Waals surface area contributed by atoms with Gasteiger partial charge in [0.25, 0.3) is 0 Å². The maximum Gasteiger partial charge on any atom is 0.312 e. The van der Waals surface area contributed by atoms with Crippen molar-refractivity contribution in [3.63, 3.8) is 0 Å². The number of aliphatic carboxylic acids is 1. The number of hydrogen-bond donors (Lipinski definition) is 2. The number of aliphatic hydroxyl groups excluding tert-OH is 1. The summed E-state index contributed by atoms with van der Waals surface area (Å²) in [6.07, 6.45) is 3.83. The number of piperidine rings is 2. The topological polar surface area (TPSA) is 64.0 Å². The molecule has 0 unspecified atom stereocenters. The smallest absolute Gasteiger partial charge is 0.312 e. The minimum Gasteiger partial charge on any atom is -0.481 e. The van der Waals surface area contributed by atoms with Gasteiger partial charge in [-0.15, -0.1) is 0 Å². The molecule has 1 aromatic rings. The first-order valence-corrected chi connectivity index (χ1v) is 10.3. The van der Waals surface area contributed by atoms with E-state index in [0.717, 1.165) is 25.2 Å². The second-order valence-corrected chi connectivity index (χ2v) is 8.98. The number of aliphatic hydroxyl groups is 1. The summed E-state index contributed by atoms with van der Waals surface area (Å²) in [6.45, 7) is 8.82. The molecule has 0 spiro atoms. The summed E-state index contributed by atoms with van der Waals surface area (Å²) in [6, 6.07) is 9.67. The van der Waals surface area contributed by atoms with Gasteiger partial charge in [-0.05, 0) is 64.7 Å². The lowest BCUT2D eigenvalue weighted by molar-refractivity contribution is -0.163. The predicted octanol–water partition coefficient (Wildman–Crippen LogP) is 2.63. The summed E-state index contributed by atoms with van der Waals surface area (Å²) in [5.41, 5.74) is -0.0725. The molecule has 0 aromatic heterocycles. The monoisotopic (exact) mass is 374 g/mol. The van der Waals surface area contributed by atoms with Crippen molar-refractivity contribution in [3.05, 3.63) is 35.9 Å². The third kappa shape index (κ3) is 4.53. The van der Waals surface area contributed by atoms with E-state index in [-0.39, 0.29) is 5.54 Å². The number of carboxylic acid groups (broad SMARTS) is 1. The van der Waals surface area contributed by atoms with Crippen LogP contribution in [0.3, 0.4) is 0 Å². The minimum atomic E-state index is -1.09. The van der Waals surface area contributed by atoms with Crippen molar-refractivity contribution in [1.29, 1.82) is 0 Å². The fraction of sp³-hybridized carbons (Fsp3) is 0.682. The van der Waals surface area contributed by atoms with E-state index in [1.807, 2.05) is 30.3 Å². The molecule has 0 aliphatic carbocycles. The van der Waals surface area contributed by atoms with Crippen LogP contribution in [0.15, 0.2) is 30.3 Å². The first kappa shape index (κ1) is 20.3. The summed E-state index contributed by atoms with van der Waals surface area (Å²) < 4.78 is 0.